The number of alkyl carbamates (subject to hydrolysis) is 1. The second-order valence-electron chi connectivity index (χ2n) is 12.4. The van der Waals surface area contributed by atoms with Crippen molar-refractivity contribution in [3.63, 3.8) is 0 Å². The van der Waals surface area contributed by atoms with Crippen LogP contribution < -0.4 is 21.9 Å². The van der Waals surface area contributed by atoms with Gasteiger partial charge in [-0.25, -0.2) is 15.2 Å². The molecule has 0 aliphatic carbocycles. The Kier molecular flexibility index (Phi) is 10.7. The van der Waals surface area contributed by atoms with Crippen LogP contribution in [-0.2, 0) is 11.3 Å². The van der Waals surface area contributed by atoms with Crippen LogP contribution in [0.5, 0.6) is 0 Å². The molecule has 15 heteroatoms. The first-order chi connectivity index (χ1) is 21.6. The number of amides is 1. The van der Waals surface area contributed by atoms with Gasteiger partial charge in [0.1, 0.15) is 22.5 Å². The van der Waals surface area contributed by atoms with E-state index in [1.54, 1.807) is 53.1 Å². The summed E-state index contributed by atoms with van der Waals surface area (Å²) in [7, 11) is 1.65. The number of fused-ring (bicyclic) bond motifs is 1. The number of carbonyl (C=O) groups excluding carboxylic acids is 1. The first kappa shape index (κ1) is 34.8. The number of anilines is 1. The average Bonchev–Trinajstić information content (AvgIpc) is 3.29. The number of furan rings is 1. The van der Waals surface area contributed by atoms with Crippen molar-refractivity contribution >= 4 is 28.9 Å². The zero-order valence-electron chi connectivity index (χ0n) is 26.7. The molecule has 0 spiro atoms. The lowest BCUT2D eigenvalue weighted by Crippen LogP contribution is -2.53. The number of rotatable bonds is 10. The Bertz CT molecular complexity index is 1510. The number of pyridine rings is 1. The normalized spacial score (nSPS) is 20.9. The number of hydrogen-bond donors (Lipinski definition) is 5. The van der Waals surface area contributed by atoms with Crippen molar-refractivity contribution in [3.8, 4) is 0 Å². The van der Waals surface area contributed by atoms with Gasteiger partial charge < -0.3 is 30.2 Å². The number of nitrogens with two attached hydrogens (primary N) is 1. The van der Waals surface area contributed by atoms with E-state index in [0.717, 1.165) is 5.56 Å². The van der Waals surface area contributed by atoms with E-state index in [1.807, 2.05) is 6.07 Å². The highest BCUT2D eigenvalue weighted by atomic mass is 19.4. The summed E-state index contributed by atoms with van der Waals surface area (Å²) < 4.78 is 53.7. The predicted molar refractivity (Wildman–Crippen MR) is 170 cm³/mol. The summed E-state index contributed by atoms with van der Waals surface area (Å²) in [6.45, 7) is 12.1. The largest absolute Gasteiger partial charge is 0.444 e. The third-order valence-corrected chi connectivity index (χ3v) is 7.42. The minimum absolute atomic E-state index is 0.00710. The Morgan fingerprint density at radius 3 is 2.59 bits per heavy atom. The number of aliphatic hydroxyl groups is 1. The van der Waals surface area contributed by atoms with Gasteiger partial charge in [-0.2, -0.15) is 13.2 Å². The number of amidine groups is 1. The number of ether oxygens (including phenoxy) is 1. The fraction of sp³-hybridized carbons (Fsp3) is 0.516. The van der Waals surface area contributed by atoms with Crippen molar-refractivity contribution in [1.82, 2.24) is 25.5 Å². The molecule has 4 heterocycles. The van der Waals surface area contributed by atoms with Gasteiger partial charge in [0.2, 0.25) is 5.88 Å². The van der Waals surface area contributed by atoms with Gasteiger partial charge >= 0.3 is 12.3 Å². The lowest BCUT2D eigenvalue weighted by atomic mass is 9.93. The summed E-state index contributed by atoms with van der Waals surface area (Å²) in [4.78, 5) is 25.3. The zero-order chi connectivity index (χ0) is 33.8. The molecule has 4 rings (SSSR count). The Hall–Kier alpha value is -4.08. The van der Waals surface area contributed by atoms with Crippen molar-refractivity contribution < 1.29 is 32.2 Å². The number of hydrazine groups is 1. The average molecular weight is 649 g/mol. The molecule has 2 aliphatic rings. The van der Waals surface area contributed by atoms with E-state index in [1.165, 1.54) is 11.0 Å². The Morgan fingerprint density at radius 1 is 1.28 bits per heavy atom. The molecular formula is C31H43F3N8O4. The second kappa shape index (κ2) is 14.1. The number of piperidine rings is 1. The number of likely N-dealkylation sites (tertiary alicyclic amines) is 2. The summed E-state index contributed by atoms with van der Waals surface area (Å²) in [5.74, 6) is -1.49. The molecule has 2 atom stereocenters. The second-order valence-corrected chi connectivity index (χ2v) is 12.4. The molecule has 0 bridgehead atoms. The van der Waals surface area contributed by atoms with E-state index < -0.39 is 29.8 Å². The van der Waals surface area contributed by atoms with E-state index in [0.29, 0.717) is 42.0 Å². The molecule has 46 heavy (non-hydrogen) atoms. The zero-order valence-corrected chi connectivity index (χ0v) is 26.7. The number of aliphatic hydroxyl groups excluding tert-OH is 1. The van der Waals surface area contributed by atoms with Gasteiger partial charge in [0.25, 0.3) is 0 Å². The van der Waals surface area contributed by atoms with Crippen molar-refractivity contribution in [3.05, 3.63) is 59.6 Å². The Morgan fingerprint density at radius 2 is 2.00 bits per heavy atom. The number of β-amino-alcohol motifs (C(OH)–C–C–N with tert-alkyl or cyclic N) is 1. The van der Waals surface area contributed by atoms with Gasteiger partial charge in [0, 0.05) is 46.0 Å². The van der Waals surface area contributed by atoms with E-state index in [-0.39, 0.29) is 43.0 Å². The van der Waals surface area contributed by atoms with Crippen LogP contribution in [-0.4, -0.2) is 89.0 Å². The summed E-state index contributed by atoms with van der Waals surface area (Å²) in [6, 6.07) is 0.980. The number of halogens is 3. The highest BCUT2D eigenvalue weighted by Gasteiger charge is 2.45. The lowest BCUT2D eigenvalue weighted by Gasteiger charge is -2.40. The van der Waals surface area contributed by atoms with E-state index in [9.17, 15) is 23.1 Å². The molecule has 2 aliphatic heterocycles. The molecule has 2 unspecified atom stereocenters. The van der Waals surface area contributed by atoms with Crippen LogP contribution in [0.15, 0.2) is 57.9 Å². The van der Waals surface area contributed by atoms with E-state index >= 15 is 0 Å². The molecule has 2 fully saturated rings. The molecule has 2 aromatic heterocycles. The number of allylic oxidation sites excluding steroid dienone is 3. The number of aliphatic imine (C=N–C) groups is 1. The molecule has 0 saturated carbocycles. The molecule has 2 saturated heterocycles. The highest BCUT2D eigenvalue weighted by molar-refractivity contribution is 6.11. The van der Waals surface area contributed by atoms with E-state index in [2.05, 4.69) is 37.6 Å². The number of nitrogens with one attached hydrogen (secondary N) is 3. The fourth-order valence-electron chi connectivity index (χ4n) is 5.49. The number of nitrogens with zero attached hydrogens (tertiary/aromatic N) is 4. The molecule has 6 N–H and O–H groups in total. The molecule has 0 aromatic carbocycles. The summed E-state index contributed by atoms with van der Waals surface area (Å²) in [6.07, 6.45) is 0.491. The minimum atomic E-state index is -4.51. The number of carbonyl (C=O) groups is 1. The van der Waals surface area contributed by atoms with Crippen LogP contribution >= 0.6 is 0 Å². The minimum Gasteiger partial charge on any atom is -0.444 e. The van der Waals surface area contributed by atoms with Gasteiger partial charge in [0.05, 0.1) is 29.5 Å². The number of hydrogen-bond acceptors (Lipinski definition) is 10. The molecule has 252 valence electrons. The van der Waals surface area contributed by atoms with Crippen LogP contribution in [0.1, 0.15) is 45.2 Å². The van der Waals surface area contributed by atoms with E-state index in [4.69, 9.17) is 14.9 Å². The van der Waals surface area contributed by atoms with Crippen LogP contribution in [0, 0.1) is 5.92 Å². The van der Waals surface area contributed by atoms with Gasteiger partial charge in [-0.3, -0.25) is 15.3 Å². The molecule has 2 aromatic rings. The van der Waals surface area contributed by atoms with Crippen molar-refractivity contribution in [1.29, 1.82) is 0 Å². The monoisotopic (exact) mass is 648 g/mol. The Balaban J connectivity index is 1.71. The quantitative estimate of drug-likeness (QED) is 0.111. The van der Waals surface area contributed by atoms with Gasteiger partial charge in [-0.1, -0.05) is 12.7 Å². The van der Waals surface area contributed by atoms with Crippen LogP contribution in [0.25, 0.3) is 11.1 Å². The van der Waals surface area contributed by atoms with Crippen LogP contribution in [0.2, 0.25) is 0 Å². The summed E-state index contributed by atoms with van der Waals surface area (Å²) in [5, 5.41) is 12.2. The topological polar surface area (TPSA) is 154 Å². The molecular weight excluding hydrogens is 605 g/mol. The third-order valence-electron chi connectivity index (χ3n) is 7.42. The van der Waals surface area contributed by atoms with Gasteiger partial charge in [0.15, 0.2) is 5.58 Å². The number of alkyl halides is 3. The smallest absolute Gasteiger partial charge is 0.407 e. The van der Waals surface area contributed by atoms with Crippen molar-refractivity contribution in [2.75, 3.05) is 38.7 Å². The van der Waals surface area contributed by atoms with Gasteiger partial charge in [-0.05, 0) is 57.9 Å². The molecule has 12 nitrogen and oxygen atoms in total. The van der Waals surface area contributed by atoms with Gasteiger partial charge in [-0.15, -0.1) is 0 Å². The Labute approximate surface area is 266 Å². The summed E-state index contributed by atoms with van der Waals surface area (Å²) >= 11 is 0. The maximum absolute atomic E-state index is 14.1. The molecule has 0 radical (unpaired) electrons. The standard InChI is InChI=1S/C31H43F3N8O4/c1-7-9-23(42-14-19(31(32,33)34)11-20(15-42)38-29(44)46-30(3,4)5)22(8-2)39-27(35)25-26-24(45-28(25)40-36-6)10-18(12-37-26)13-41-16-21(43)17-41/h7-10,12,19-21,36,40,43H,2,11,13-17H2,1,3-6H3,(H2,35,39)(H,38,44). The van der Waals surface area contributed by atoms with Crippen molar-refractivity contribution in [2.24, 2.45) is 16.6 Å². The maximum Gasteiger partial charge on any atom is 0.407 e. The van der Waals surface area contributed by atoms with Crippen LogP contribution in [0.4, 0.5) is 23.8 Å². The highest BCUT2D eigenvalue weighted by Crippen LogP contribution is 2.36. The molecule has 1 amide bonds. The van der Waals surface area contributed by atoms with Crippen molar-refractivity contribution in [2.45, 2.75) is 64.6 Å². The number of aromatic nitrogens is 1. The SMILES string of the molecule is C=CC(N=C(N)c1c(NNC)oc2cc(CN3CC(O)C3)cnc12)=C(C=CC)N1CC(NC(=O)OC(C)(C)C)CC(C(F)(F)F)C1. The first-order valence-electron chi connectivity index (χ1n) is 15.0. The summed E-state index contributed by atoms with van der Waals surface area (Å²) in [5.41, 5.74) is 14.1. The predicted octanol–water partition coefficient (Wildman–Crippen LogP) is 4.01. The lowest BCUT2D eigenvalue weighted by molar-refractivity contribution is -0.187. The first-order valence-corrected chi connectivity index (χ1v) is 15.0. The maximum atomic E-state index is 14.1. The fourth-order valence-corrected chi connectivity index (χ4v) is 5.49. The third kappa shape index (κ3) is 8.59. The van der Waals surface area contributed by atoms with Crippen LogP contribution in [0.3, 0.4) is 0 Å².